The van der Waals surface area contributed by atoms with E-state index < -0.39 is 10.3 Å². The molecule has 15 heavy (non-hydrogen) atoms. The Morgan fingerprint density at radius 2 is 1.00 bits per heavy atom. The summed E-state index contributed by atoms with van der Waals surface area (Å²) in [6.45, 7) is 10.5. The normalized spacial score (nSPS) is 4.93. The molecule has 4 nitrogen and oxygen atoms in total. The molecule has 0 aromatic rings. The standard InChI is InChI=1S/2C3H6.2CH3NOS.Na.H/c2*1-3-2;2*2-1(3)4;;/h2*3H,1H2,2H3;2*(H3,2,3,4);;. The second kappa shape index (κ2) is 37.1. The zero-order chi connectivity index (χ0) is 12.6. The van der Waals surface area contributed by atoms with Gasteiger partial charge >= 0.3 is 29.6 Å². The first-order chi connectivity index (χ1) is 6.29. The topological polar surface area (TPSA) is 92.5 Å². The van der Waals surface area contributed by atoms with Gasteiger partial charge in [0.15, 0.2) is 0 Å². The van der Waals surface area contributed by atoms with E-state index in [2.05, 4.69) is 49.1 Å². The average molecular weight is 262 g/mol. The second-order valence-electron chi connectivity index (χ2n) is 1.49. The second-order valence-corrected chi connectivity index (χ2v) is 2.33. The summed E-state index contributed by atoms with van der Waals surface area (Å²) in [5, 5.41) is 14.1. The molecule has 0 aromatic heterocycles. The van der Waals surface area contributed by atoms with Crippen LogP contribution in [0.2, 0.25) is 0 Å². The fourth-order valence-corrected chi connectivity index (χ4v) is 0. The van der Waals surface area contributed by atoms with Gasteiger partial charge in [0.1, 0.15) is 0 Å². The van der Waals surface area contributed by atoms with Crippen molar-refractivity contribution in [3.8, 4) is 0 Å². The number of allylic oxidation sites excluding steroid dienone is 2. The summed E-state index contributed by atoms with van der Waals surface area (Å²) < 4.78 is 0. The number of rotatable bonds is 0. The van der Waals surface area contributed by atoms with Crippen LogP contribution in [0.1, 0.15) is 13.8 Å². The molecule has 0 amide bonds. The van der Waals surface area contributed by atoms with Crippen molar-refractivity contribution in [1.82, 2.24) is 0 Å². The van der Waals surface area contributed by atoms with E-state index in [4.69, 9.17) is 10.2 Å². The average Bonchev–Trinajstić information content (AvgIpc) is 1.85. The van der Waals surface area contributed by atoms with Gasteiger partial charge < -0.3 is 21.7 Å². The number of hydrogen-bond acceptors (Lipinski definition) is 2. The molecule has 0 bridgehead atoms. The molecule has 7 heteroatoms. The van der Waals surface area contributed by atoms with E-state index in [1.165, 1.54) is 0 Å². The summed E-state index contributed by atoms with van der Waals surface area (Å²) in [6, 6.07) is 0. The minimum atomic E-state index is -0.500. The van der Waals surface area contributed by atoms with Gasteiger partial charge in [-0.25, -0.2) is 0 Å². The third-order valence-corrected chi connectivity index (χ3v) is 0. The maximum absolute atomic E-state index is 7.56. The van der Waals surface area contributed by atoms with Gasteiger partial charge in [0, 0.05) is 0 Å². The molecule has 6 N–H and O–H groups in total. The molecule has 86 valence electrons. The van der Waals surface area contributed by atoms with Gasteiger partial charge in [0.25, 0.3) is 10.3 Å². The van der Waals surface area contributed by atoms with Crippen molar-refractivity contribution < 1.29 is 10.2 Å². The van der Waals surface area contributed by atoms with Crippen molar-refractivity contribution in [2.75, 3.05) is 0 Å². The van der Waals surface area contributed by atoms with Gasteiger partial charge in [0.05, 0.1) is 0 Å². The van der Waals surface area contributed by atoms with Gasteiger partial charge in [-0.15, -0.1) is 13.2 Å². The quantitative estimate of drug-likeness (QED) is 0.299. The minimum absolute atomic E-state index is 0. The number of thiocarbonyl (C=S) groups is 2. The molecule has 0 heterocycles. The Bertz CT molecular complexity index is 141. The van der Waals surface area contributed by atoms with Crippen LogP contribution < -0.4 is 11.5 Å². The first kappa shape index (κ1) is 29.4. The van der Waals surface area contributed by atoms with Crippen molar-refractivity contribution in [3.63, 3.8) is 0 Å². The maximum atomic E-state index is 7.56. The monoisotopic (exact) mass is 262 g/mol. The molecule has 0 fully saturated rings. The summed E-state index contributed by atoms with van der Waals surface area (Å²) in [5.74, 6) is 0. The van der Waals surface area contributed by atoms with Crippen LogP contribution in [-0.2, 0) is 0 Å². The van der Waals surface area contributed by atoms with Gasteiger partial charge in [-0.05, 0) is 38.3 Å². The molecule has 0 atom stereocenters. The Morgan fingerprint density at radius 1 is 1.00 bits per heavy atom. The third-order valence-electron chi connectivity index (χ3n) is 0. The fraction of sp³-hybridized carbons (Fsp3) is 0.250. The van der Waals surface area contributed by atoms with Crippen LogP contribution in [0.25, 0.3) is 0 Å². The summed E-state index contributed by atoms with van der Waals surface area (Å²) in [5.41, 5.74) is 8.80. The summed E-state index contributed by atoms with van der Waals surface area (Å²) in [6.07, 6.45) is 3.50. The van der Waals surface area contributed by atoms with Crippen LogP contribution in [0.15, 0.2) is 25.3 Å². The predicted molar refractivity (Wildman–Crippen MR) is 77.7 cm³/mol. The van der Waals surface area contributed by atoms with Crippen molar-refractivity contribution in [3.05, 3.63) is 25.3 Å². The molecule has 0 saturated carbocycles. The Kier molecular flexibility index (Phi) is 72.6. The van der Waals surface area contributed by atoms with Crippen molar-refractivity contribution in [1.29, 1.82) is 0 Å². The van der Waals surface area contributed by atoms with Crippen molar-refractivity contribution in [2.45, 2.75) is 13.8 Å². The first-order valence-corrected chi connectivity index (χ1v) is 4.22. The van der Waals surface area contributed by atoms with E-state index in [1.54, 1.807) is 12.2 Å². The van der Waals surface area contributed by atoms with Gasteiger partial charge in [0.2, 0.25) is 0 Å². The molecule has 0 radical (unpaired) electrons. The molecule has 0 aliphatic rings. The molecular formula is C8H19N2NaO2S2. The molecule has 0 unspecified atom stereocenters. The number of aliphatic hydroxyl groups excluding tert-OH is 2. The van der Waals surface area contributed by atoms with E-state index >= 15 is 0 Å². The molecule has 0 aromatic carbocycles. The van der Waals surface area contributed by atoms with E-state index in [0.29, 0.717) is 0 Å². The van der Waals surface area contributed by atoms with Gasteiger partial charge in [-0.1, -0.05) is 12.2 Å². The Labute approximate surface area is 124 Å². The zero-order valence-corrected chi connectivity index (χ0v) is 10.1. The number of nitrogens with two attached hydrogens (primary N) is 2. The molecule has 0 saturated heterocycles. The predicted octanol–water partition coefficient (Wildman–Crippen LogP) is 1.31. The summed E-state index contributed by atoms with van der Waals surface area (Å²) in [4.78, 5) is 0. The van der Waals surface area contributed by atoms with E-state index in [1.807, 2.05) is 13.8 Å². The van der Waals surface area contributed by atoms with Crippen LogP contribution in [0.4, 0.5) is 0 Å². The van der Waals surface area contributed by atoms with Crippen molar-refractivity contribution >= 4 is 64.3 Å². The Balaban J connectivity index is -0.0000000293. The van der Waals surface area contributed by atoms with Crippen LogP contribution in [0.5, 0.6) is 0 Å². The van der Waals surface area contributed by atoms with Gasteiger partial charge in [-0.3, -0.25) is 0 Å². The molecule has 0 rings (SSSR count). The zero-order valence-electron chi connectivity index (χ0n) is 8.43. The van der Waals surface area contributed by atoms with E-state index in [-0.39, 0.29) is 29.6 Å². The molecule has 0 aliphatic heterocycles. The van der Waals surface area contributed by atoms with E-state index in [0.717, 1.165) is 0 Å². The number of hydrogen-bond donors (Lipinski definition) is 4. The first-order valence-electron chi connectivity index (χ1n) is 3.40. The van der Waals surface area contributed by atoms with Gasteiger partial charge in [-0.2, -0.15) is 0 Å². The van der Waals surface area contributed by atoms with Crippen LogP contribution in [0, 0.1) is 0 Å². The van der Waals surface area contributed by atoms with Crippen LogP contribution in [-0.4, -0.2) is 50.1 Å². The molecule has 0 aliphatic carbocycles. The molecular weight excluding hydrogens is 243 g/mol. The molecule has 0 spiro atoms. The van der Waals surface area contributed by atoms with Crippen LogP contribution >= 0.6 is 24.4 Å². The number of aliphatic hydroxyl groups is 2. The third kappa shape index (κ3) is 99500. The Hall–Kier alpha value is -0.140. The SMILES string of the molecule is C=CC.C=CC.NC(O)=S.NC(O)=S.[NaH]. The summed E-state index contributed by atoms with van der Waals surface area (Å²) in [7, 11) is 0. The summed E-state index contributed by atoms with van der Waals surface area (Å²) >= 11 is 7.74. The fourth-order valence-electron chi connectivity index (χ4n) is 0. The van der Waals surface area contributed by atoms with E-state index in [9.17, 15) is 0 Å². The van der Waals surface area contributed by atoms with Crippen LogP contribution in [0.3, 0.4) is 0 Å². The Morgan fingerprint density at radius 3 is 1.00 bits per heavy atom. The van der Waals surface area contributed by atoms with Crippen molar-refractivity contribution in [2.24, 2.45) is 11.5 Å².